The van der Waals surface area contributed by atoms with Crippen LogP contribution in [-0.2, 0) is 4.79 Å². The summed E-state index contributed by atoms with van der Waals surface area (Å²) < 4.78 is 10.4. The van der Waals surface area contributed by atoms with Crippen LogP contribution in [0.25, 0.3) is 0 Å². The molecular weight excluding hydrogens is 208 g/mol. The molecule has 4 heteroatoms. The van der Waals surface area contributed by atoms with Crippen molar-refractivity contribution in [3.63, 3.8) is 0 Å². The normalized spacial score (nSPS) is 15.2. The molecule has 4 nitrogen and oxygen atoms in total. The largest absolute Gasteiger partial charge is 0.481 e. The van der Waals surface area contributed by atoms with Crippen LogP contribution in [0, 0.1) is 5.92 Å². The average Bonchev–Trinajstić information content (AvgIpc) is 2.63. The van der Waals surface area contributed by atoms with Crippen LogP contribution < -0.4 is 9.47 Å². The van der Waals surface area contributed by atoms with Gasteiger partial charge < -0.3 is 14.6 Å². The Morgan fingerprint density at radius 2 is 2.00 bits per heavy atom. The van der Waals surface area contributed by atoms with Gasteiger partial charge in [0, 0.05) is 0 Å². The molecule has 1 aliphatic heterocycles. The fourth-order valence-electron chi connectivity index (χ4n) is 1.92. The minimum Gasteiger partial charge on any atom is -0.481 e. The van der Waals surface area contributed by atoms with Crippen molar-refractivity contribution in [3.8, 4) is 11.5 Å². The number of carbonyl (C=O) groups is 1. The van der Waals surface area contributed by atoms with Gasteiger partial charge in [-0.15, -0.1) is 0 Å². The molecule has 1 unspecified atom stereocenters. The molecule has 1 aromatic carbocycles. The first-order valence-corrected chi connectivity index (χ1v) is 5.22. The molecule has 0 radical (unpaired) electrons. The molecule has 1 atom stereocenters. The highest BCUT2D eigenvalue weighted by Gasteiger charge is 2.25. The van der Waals surface area contributed by atoms with Crippen molar-refractivity contribution < 1.29 is 19.4 Å². The maximum atomic E-state index is 11.2. The van der Waals surface area contributed by atoms with E-state index in [-0.39, 0.29) is 12.7 Å². The molecule has 16 heavy (non-hydrogen) atoms. The number of ether oxygens (including phenoxy) is 2. The fraction of sp³-hybridized carbons (Fsp3) is 0.417. The Bertz CT molecular complexity index is 411. The zero-order chi connectivity index (χ0) is 11.7. The van der Waals surface area contributed by atoms with Gasteiger partial charge in [-0.3, -0.25) is 4.79 Å². The summed E-state index contributed by atoms with van der Waals surface area (Å²) in [6, 6.07) is 5.30. The zero-order valence-electron chi connectivity index (χ0n) is 9.27. The highest BCUT2D eigenvalue weighted by molar-refractivity contribution is 5.76. The minimum atomic E-state index is -0.811. The Labute approximate surface area is 93.8 Å². The Morgan fingerprint density at radius 1 is 1.31 bits per heavy atom. The lowest BCUT2D eigenvalue weighted by Gasteiger charge is -2.16. The van der Waals surface area contributed by atoms with Crippen molar-refractivity contribution in [1.29, 1.82) is 0 Å². The van der Waals surface area contributed by atoms with Gasteiger partial charge in [-0.2, -0.15) is 0 Å². The van der Waals surface area contributed by atoms with E-state index in [2.05, 4.69) is 0 Å². The fourth-order valence-corrected chi connectivity index (χ4v) is 1.92. The van der Waals surface area contributed by atoms with E-state index in [9.17, 15) is 9.90 Å². The molecule has 0 amide bonds. The summed E-state index contributed by atoms with van der Waals surface area (Å²) >= 11 is 0. The molecule has 1 aliphatic rings. The Balaban J connectivity index is 2.35. The third-order valence-corrected chi connectivity index (χ3v) is 2.69. The number of carboxylic acid groups (broad SMARTS) is 1. The predicted octanol–water partition coefficient (Wildman–Crippen LogP) is 2.24. The summed E-state index contributed by atoms with van der Waals surface area (Å²) in [5.74, 6) is 0.0299. The molecule has 0 fully saturated rings. The van der Waals surface area contributed by atoms with Crippen LogP contribution in [0.2, 0.25) is 0 Å². The molecule has 1 N–H and O–H groups in total. The molecule has 0 aromatic heterocycles. The van der Waals surface area contributed by atoms with Gasteiger partial charge in [-0.1, -0.05) is 19.9 Å². The molecule has 0 saturated heterocycles. The standard InChI is InChI=1S/C12H14O4/c1-7(2)11(12(13)14)8-3-4-9-10(5-8)16-6-15-9/h3-5,7,11H,6H2,1-2H3,(H,13,14). The topological polar surface area (TPSA) is 55.8 Å². The van der Waals surface area contributed by atoms with Crippen molar-refractivity contribution in [2.45, 2.75) is 19.8 Å². The van der Waals surface area contributed by atoms with Gasteiger partial charge in [-0.25, -0.2) is 0 Å². The Hall–Kier alpha value is -1.71. The number of hydrogen-bond donors (Lipinski definition) is 1. The first kappa shape index (κ1) is 10.8. The van der Waals surface area contributed by atoms with Crippen LogP contribution in [0.5, 0.6) is 11.5 Å². The highest BCUT2D eigenvalue weighted by Crippen LogP contribution is 2.36. The smallest absolute Gasteiger partial charge is 0.311 e. The summed E-state index contributed by atoms with van der Waals surface area (Å²) in [5, 5.41) is 9.17. The van der Waals surface area contributed by atoms with E-state index in [1.54, 1.807) is 18.2 Å². The lowest BCUT2D eigenvalue weighted by atomic mass is 9.88. The molecule has 1 aromatic rings. The number of fused-ring (bicyclic) bond motifs is 1. The molecule has 0 aliphatic carbocycles. The molecule has 86 valence electrons. The maximum Gasteiger partial charge on any atom is 0.311 e. The highest BCUT2D eigenvalue weighted by atomic mass is 16.7. The number of hydrogen-bond acceptors (Lipinski definition) is 3. The molecule has 0 spiro atoms. The van der Waals surface area contributed by atoms with E-state index >= 15 is 0 Å². The molecule has 2 rings (SSSR count). The molecule has 0 bridgehead atoms. The van der Waals surface area contributed by atoms with E-state index in [0.29, 0.717) is 11.5 Å². The second-order valence-electron chi connectivity index (χ2n) is 4.17. The third kappa shape index (κ3) is 1.83. The number of aliphatic carboxylic acids is 1. The second-order valence-corrected chi connectivity index (χ2v) is 4.17. The van der Waals surface area contributed by atoms with Crippen LogP contribution in [-0.4, -0.2) is 17.9 Å². The maximum absolute atomic E-state index is 11.2. The van der Waals surface area contributed by atoms with Crippen molar-refractivity contribution in [2.24, 2.45) is 5.92 Å². The van der Waals surface area contributed by atoms with Gasteiger partial charge >= 0.3 is 5.97 Å². The van der Waals surface area contributed by atoms with Crippen LogP contribution in [0.15, 0.2) is 18.2 Å². The second kappa shape index (κ2) is 4.04. The van der Waals surface area contributed by atoms with E-state index in [0.717, 1.165) is 5.56 Å². The summed E-state index contributed by atoms with van der Waals surface area (Å²) in [6.07, 6.45) is 0. The van der Waals surface area contributed by atoms with E-state index in [1.165, 1.54) is 0 Å². The van der Waals surface area contributed by atoms with Crippen LogP contribution >= 0.6 is 0 Å². The van der Waals surface area contributed by atoms with Gasteiger partial charge in [0.25, 0.3) is 0 Å². The van der Waals surface area contributed by atoms with Crippen molar-refractivity contribution >= 4 is 5.97 Å². The number of carboxylic acids is 1. The first-order valence-electron chi connectivity index (χ1n) is 5.22. The van der Waals surface area contributed by atoms with Crippen molar-refractivity contribution in [2.75, 3.05) is 6.79 Å². The Kier molecular flexibility index (Phi) is 2.73. The van der Waals surface area contributed by atoms with Gasteiger partial charge in [0.1, 0.15) is 0 Å². The third-order valence-electron chi connectivity index (χ3n) is 2.69. The average molecular weight is 222 g/mol. The number of benzene rings is 1. The summed E-state index contributed by atoms with van der Waals surface area (Å²) in [5.41, 5.74) is 0.756. The van der Waals surface area contributed by atoms with Crippen LogP contribution in [0.1, 0.15) is 25.3 Å². The van der Waals surface area contributed by atoms with E-state index in [4.69, 9.17) is 9.47 Å². The van der Waals surface area contributed by atoms with E-state index < -0.39 is 11.9 Å². The van der Waals surface area contributed by atoms with Crippen molar-refractivity contribution in [3.05, 3.63) is 23.8 Å². The van der Waals surface area contributed by atoms with Gasteiger partial charge in [0.15, 0.2) is 11.5 Å². The number of rotatable bonds is 3. The Morgan fingerprint density at radius 3 is 2.62 bits per heavy atom. The van der Waals surface area contributed by atoms with E-state index in [1.807, 2.05) is 13.8 Å². The van der Waals surface area contributed by atoms with Crippen LogP contribution in [0.4, 0.5) is 0 Å². The summed E-state index contributed by atoms with van der Waals surface area (Å²) in [4.78, 5) is 11.2. The minimum absolute atomic E-state index is 0.0397. The lowest BCUT2D eigenvalue weighted by molar-refractivity contribution is -0.139. The van der Waals surface area contributed by atoms with Gasteiger partial charge in [-0.05, 0) is 23.6 Å². The first-order chi connectivity index (χ1) is 7.59. The van der Waals surface area contributed by atoms with Gasteiger partial charge in [0.2, 0.25) is 6.79 Å². The quantitative estimate of drug-likeness (QED) is 0.852. The lowest BCUT2D eigenvalue weighted by Crippen LogP contribution is -2.17. The summed E-state index contributed by atoms with van der Waals surface area (Å²) in [6.45, 7) is 3.99. The molecule has 0 saturated carbocycles. The molecular formula is C12H14O4. The molecule has 1 heterocycles. The zero-order valence-corrected chi connectivity index (χ0v) is 9.27. The van der Waals surface area contributed by atoms with Crippen molar-refractivity contribution in [1.82, 2.24) is 0 Å². The SMILES string of the molecule is CC(C)C(C(=O)O)c1ccc2c(c1)OCO2. The monoisotopic (exact) mass is 222 g/mol. The van der Waals surface area contributed by atoms with Crippen LogP contribution in [0.3, 0.4) is 0 Å². The predicted molar refractivity (Wildman–Crippen MR) is 57.8 cm³/mol. The summed E-state index contributed by atoms with van der Waals surface area (Å²) in [7, 11) is 0. The van der Waals surface area contributed by atoms with Gasteiger partial charge in [0.05, 0.1) is 5.92 Å².